The van der Waals surface area contributed by atoms with E-state index in [1.165, 1.54) is 45.6 Å². The summed E-state index contributed by atoms with van der Waals surface area (Å²) in [5.74, 6) is 0.217. The highest BCUT2D eigenvalue weighted by atomic mass is 16.5. The number of ketones is 1. The monoisotopic (exact) mass is 341 g/mol. The quantitative estimate of drug-likeness (QED) is 0.478. The molecule has 0 atom stereocenters. The van der Waals surface area contributed by atoms with Gasteiger partial charge in [-0.25, -0.2) is 0 Å². The molecule has 0 aromatic heterocycles. The van der Waals surface area contributed by atoms with Crippen LogP contribution in [0, 0.1) is 5.92 Å². The number of ether oxygens (including phenoxy) is 1. The topological polar surface area (TPSA) is 46.6 Å². The minimum Gasteiger partial charge on any atom is -0.468 e. The average molecular weight is 342 g/mol. The highest BCUT2D eigenvalue weighted by molar-refractivity contribution is 5.80. The first-order valence-corrected chi connectivity index (χ1v) is 9.65. The van der Waals surface area contributed by atoms with Crippen LogP contribution in [-0.2, 0) is 14.3 Å². The molecule has 1 saturated heterocycles. The standard InChI is InChI=1S/C12H21NO3.C8H18/c1-9(14)10-5-7-13(8-6-10)12(2,3)11(15)16-4;1-3-5-7-8-6-4-2/h10H,5-8H2,1-4H3;3-8H2,1-2H3. The number of piperidine rings is 1. The summed E-state index contributed by atoms with van der Waals surface area (Å²) in [5.41, 5.74) is -0.587. The molecule has 142 valence electrons. The van der Waals surface area contributed by atoms with Crippen molar-refractivity contribution in [3.8, 4) is 0 Å². The van der Waals surface area contributed by atoms with Crippen LogP contribution in [0.2, 0.25) is 0 Å². The molecule has 4 heteroatoms. The Labute approximate surface area is 149 Å². The van der Waals surface area contributed by atoms with Gasteiger partial charge < -0.3 is 4.74 Å². The van der Waals surface area contributed by atoms with Gasteiger partial charge in [0.1, 0.15) is 11.3 Å². The van der Waals surface area contributed by atoms with Gasteiger partial charge in [-0.2, -0.15) is 0 Å². The highest BCUT2D eigenvalue weighted by Crippen LogP contribution is 2.25. The van der Waals surface area contributed by atoms with Gasteiger partial charge in [-0.05, 0) is 46.7 Å². The average Bonchev–Trinajstić information content (AvgIpc) is 2.58. The van der Waals surface area contributed by atoms with Crippen molar-refractivity contribution in [1.82, 2.24) is 4.90 Å². The van der Waals surface area contributed by atoms with Gasteiger partial charge in [0.25, 0.3) is 0 Å². The van der Waals surface area contributed by atoms with Crippen LogP contribution in [0.25, 0.3) is 0 Å². The molecule has 0 amide bonds. The Morgan fingerprint density at radius 2 is 1.46 bits per heavy atom. The molecule has 1 rings (SSSR count). The van der Waals surface area contributed by atoms with E-state index in [1.54, 1.807) is 6.92 Å². The summed E-state index contributed by atoms with van der Waals surface area (Å²) < 4.78 is 4.79. The predicted molar refractivity (Wildman–Crippen MR) is 100 cm³/mol. The normalized spacial score (nSPS) is 16.2. The number of unbranched alkanes of at least 4 members (excludes halogenated alkanes) is 5. The van der Waals surface area contributed by atoms with Gasteiger partial charge in [0.05, 0.1) is 7.11 Å². The fourth-order valence-corrected chi connectivity index (χ4v) is 3.08. The molecule has 1 heterocycles. The summed E-state index contributed by atoms with van der Waals surface area (Å²) in [7, 11) is 1.41. The summed E-state index contributed by atoms with van der Waals surface area (Å²) in [6.07, 6.45) is 10.2. The third kappa shape index (κ3) is 8.27. The summed E-state index contributed by atoms with van der Waals surface area (Å²) in [6, 6.07) is 0. The number of carbonyl (C=O) groups is 2. The minimum absolute atomic E-state index is 0.171. The second kappa shape index (κ2) is 12.5. The fraction of sp³-hybridized carbons (Fsp3) is 0.900. The molecule has 1 aliphatic heterocycles. The van der Waals surface area contributed by atoms with E-state index in [0.717, 1.165) is 25.9 Å². The van der Waals surface area contributed by atoms with E-state index in [1.807, 2.05) is 13.8 Å². The Hall–Kier alpha value is -0.900. The van der Waals surface area contributed by atoms with Crippen LogP contribution in [0.5, 0.6) is 0 Å². The molecule has 0 aliphatic carbocycles. The number of hydrogen-bond donors (Lipinski definition) is 0. The number of carbonyl (C=O) groups excluding carboxylic acids is 2. The number of likely N-dealkylation sites (tertiary alicyclic amines) is 1. The van der Waals surface area contributed by atoms with E-state index in [0.29, 0.717) is 0 Å². The van der Waals surface area contributed by atoms with Gasteiger partial charge in [-0.3, -0.25) is 14.5 Å². The van der Waals surface area contributed by atoms with E-state index in [4.69, 9.17) is 4.74 Å². The van der Waals surface area contributed by atoms with Crippen molar-refractivity contribution in [2.24, 2.45) is 5.92 Å². The number of Topliss-reactive ketones (excluding diaryl/α,β-unsaturated/α-hetero) is 1. The molecule has 0 unspecified atom stereocenters. The van der Waals surface area contributed by atoms with Crippen LogP contribution in [0.15, 0.2) is 0 Å². The van der Waals surface area contributed by atoms with E-state index in [-0.39, 0.29) is 17.7 Å². The molecule has 0 spiro atoms. The first-order chi connectivity index (χ1) is 11.3. The molecular weight excluding hydrogens is 302 g/mol. The van der Waals surface area contributed by atoms with Gasteiger partial charge in [0.2, 0.25) is 0 Å². The molecule has 0 aromatic carbocycles. The van der Waals surface area contributed by atoms with Crippen molar-refractivity contribution in [3.05, 3.63) is 0 Å². The smallest absolute Gasteiger partial charge is 0.325 e. The van der Waals surface area contributed by atoms with Crippen molar-refractivity contribution in [3.63, 3.8) is 0 Å². The predicted octanol–water partition coefficient (Wildman–Crippen LogP) is 4.61. The Morgan fingerprint density at radius 3 is 1.79 bits per heavy atom. The van der Waals surface area contributed by atoms with Crippen molar-refractivity contribution in [1.29, 1.82) is 0 Å². The minimum atomic E-state index is -0.587. The Bertz CT molecular complexity index is 352. The summed E-state index contributed by atoms with van der Waals surface area (Å²) >= 11 is 0. The van der Waals surface area contributed by atoms with Crippen LogP contribution >= 0.6 is 0 Å². The molecule has 1 fully saturated rings. The SMILES string of the molecule is CCCCCCCC.COC(=O)C(C)(C)N1CCC(C(C)=O)CC1. The zero-order valence-electron chi connectivity index (χ0n) is 16.8. The summed E-state index contributed by atoms with van der Waals surface area (Å²) in [5, 5.41) is 0. The van der Waals surface area contributed by atoms with E-state index >= 15 is 0 Å². The lowest BCUT2D eigenvalue weighted by molar-refractivity contribution is -0.154. The Kier molecular flexibility index (Phi) is 12.0. The summed E-state index contributed by atoms with van der Waals surface area (Å²) in [4.78, 5) is 24.9. The van der Waals surface area contributed by atoms with Crippen molar-refractivity contribution in [2.45, 2.75) is 91.5 Å². The van der Waals surface area contributed by atoms with Gasteiger partial charge in [0, 0.05) is 5.92 Å². The summed E-state index contributed by atoms with van der Waals surface area (Å²) in [6.45, 7) is 11.5. The maximum Gasteiger partial charge on any atom is 0.325 e. The molecule has 1 aliphatic rings. The van der Waals surface area contributed by atoms with E-state index in [9.17, 15) is 9.59 Å². The lowest BCUT2D eigenvalue weighted by Crippen LogP contribution is -2.54. The van der Waals surface area contributed by atoms with Crippen molar-refractivity contribution in [2.75, 3.05) is 20.2 Å². The first kappa shape index (κ1) is 23.1. The molecular formula is C20H39NO3. The van der Waals surface area contributed by atoms with Crippen LogP contribution < -0.4 is 0 Å². The largest absolute Gasteiger partial charge is 0.468 e. The zero-order chi connectivity index (χ0) is 18.6. The second-order valence-corrected chi connectivity index (χ2v) is 7.34. The Balaban J connectivity index is 0.000000561. The maximum atomic E-state index is 11.6. The van der Waals surface area contributed by atoms with Crippen LogP contribution in [0.3, 0.4) is 0 Å². The number of hydrogen-bond acceptors (Lipinski definition) is 4. The Morgan fingerprint density at radius 1 is 1.00 bits per heavy atom. The molecule has 4 nitrogen and oxygen atoms in total. The molecule has 0 N–H and O–H groups in total. The fourth-order valence-electron chi connectivity index (χ4n) is 3.08. The van der Waals surface area contributed by atoms with Gasteiger partial charge in [-0.15, -0.1) is 0 Å². The van der Waals surface area contributed by atoms with Gasteiger partial charge in [0.15, 0.2) is 0 Å². The van der Waals surface area contributed by atoms with Crippen LogP contribution in [0.4, 0.5) is 0 Å². The zero-order valence-corrected chi connectivity index (χ0v) is 16.8. The van der Waals surface area contributed by atoms with Crippen molar-refractivity contribution >= 4 is 11.8 Å². The molecule has 24 heavy (non-hydrogen) atoms. The number of methoxy groups -OCH3 is 1. The maximum absolute atomic E-state index is 11.6. The van der Waals surface area contributed by atoms with E-state index < -0.39 is 5.54 Å². The molecule has 0 bridgehead atoms. The van der Waals surface area contributed by atoms with Crippen molar-refractivity contribution < 1.29 is 14.3 Å². The lowest BCUT2D eigenvalue weighted by Gasteiger charge is -2.40. The molecule has 0 aromatic rings. The highest BCUT2D eigenvalue weighted by Gasteiger charge is 2.38. The molecule has 0 radical (unpaired) electrons. The van der Waals surface area contributed by atoms with Gasteiger partial charge >= 0.3 is 5.97 Å². The lowest BCUT2D eigenvalue weighted by atomic mass is 9.90. The van der Waals surface area contributed by atoms with E-state index in [2.05, 4.69) is 18.7 Å². The first-order valence-electron chi connectivity index (χ1n) is 9.65. The number of esters is 1. The van der Waals surface area contributed by atoms with Crippen LogP contribution in [-0.4, -0.2) is 42.4 Å². The third-order valence-corrected chi connectivity index (χ3v) is 5.00. The number of rotatable bonds is 8. The molecule has 0 saturated carbocycles. The third-order valence-electron chi connectivity index (χ3n) is 5.00. The number of nitrogens with zero attached hydrogens (tertiary/aromatic N) is 1. The van der Waals surface area contributed by atoms with Crippen LogP contribution in [0.1, 0.15) is 86.0 Å². The second-order valence-electron chi connectivity index (χ2n) is 7.34. The van der Waals surface area contributed by atoms with Gasteiger partial charge in [-0.1, -0.05) is 52.4 Å².